The molecule has 2 aromatic heterocycles. The topological polar surface area (TPSA) is 132 Å². The minimum Gasteiger partial charge on any atom is -0.503 e. The van der Waals surface area contributed by atoms with E-state index in [-0.39, 0.29) is 22.0 Å². The van der Waals surface area contributed by atoms with Gasteiger partial charge in [0, 0.05) is 21.2 Å². The first-order chi connectivity index (χ1) is 21.7. The molecule has 0 saturated heterocycles. The largest absolute Gasteiger partial charge is 0.503 e. The summed E-state index contributed by atoms with van der Waals surface area (Å²) in [5, 5.41) is 21.4. The number of methoxy groups -OCH3 is 2. The number of rotatable bonds is 9. The summed E-state index contributed by atoms with van der Waals surface area (Å²) in [6.07, 6.45) is 0. The van der Waals surface area contributed by atoms with Crippen LogP contribution >= 0.6 is 46.3 Å². The van der Waals surface area contributed by atoms with E-state index in [0.29, 0.717) is 42.4 Å². The molecule has 0 spiro atoms. The fraction of sp³-hybridized carbons (Fsp3) is 0.129. The number of furan rings is 1. The number of para-hydroxylation sites is 1. The molecule has 1 aliphatic heterocycles. The van der Waals surface area contributed by atoms with Crippen molar-refractivity contribution in [1.29, 1.82) is 0 Å². The Labute approximate surface area is 274 Å². The molecule has 1 aliphatic rings. The van der Waals surface area contributed by atoms with Gasteiger partial charge in [-0.25, -0.2) is 4.79 Å². The second-order valence-electron chi connectivity index (χ2n) is 9.65. The van der Waals surface area contributed by atoms with Crippen LogP contribution in [-0.2, 0) is 15.3 Å². The number of hydrogen-bond donors (Lipinski definition) is 1. The summed E-state index contributed by atoms with van der Waals surface area (Å²) in [5.41, 5.74) is 1.64. The van der Waals surface area contributed by atoms with Crippen LogP contribution in [0.15, 0.2) is 86.8 Å². The van der Waals surface area contributed by atoms with Gasteiger partial charge in [0.15, 0.2) is 27.2 Å². The first kappa shape index (κ1) is 30.7. The summed E-state index contributed by atoms with van der Waals surface area (Å²) < 4.78 is 16.5. The molecule has 0 fully saturated rings. The number of aromatic nitrogens is 2. The van der Waals surface area contributed by atoms with Gasteiger partial charge in [0.2, 0.25) is 10.9 Å². The van der Waals surface area contributed by atoms with Crippen molar-refractivity contribution in [2.24, 2.45) is 0 Å². The van der Waals surface area contributed by atoms with E-state index in [4.69, 9.17) is 37.1 Å². The number of hydrogen-bond acceptors (Lipinski definition) is 11. The van der Waals surface area contributed by atoms with Crippen LogP contribution in [0, 0.1) is 0 Å². The second kappa shape index (κ2) is 12.6. The predicted molar refractivity (Wildman–Crippen MR) is 171 cm³/mol. The maximum Gasteiger partial charge on any atom is 0.337 e. The van der Waals surface area contributed by atoms with Crippen LogP contribution in [0.2, 0.25) is 10.0 Å². The lowest BCUT2D eigenvalue weighted by atomic mass is 9.94. The number of aliphatic hydroxyl groups is 1. The first-order valence-electron chi connectivity index (χ1n) is 13.2. The summed E-state index contributed by atoms with van der Waals surface area (Å²) in [6, 6.07) is 16.9. The molecule has 5 aromatic rings. The Hall–Kier alpha value is -4.36. The monoisotopic (exact) mass is 681 g/mol. The van der Waals surface area contributed by atoms with Crippen LogP contribution in [0.4, 0.5) is 5.13 Å². The number of carbonyl (C=O) groups excluding carboxylic acids is 3. The smallest absolute Gasteiger partial charge is 0.337 e. The number of benzene rings is 3. The number of ketones is 1. The average molecular weight is 683 g/mol. The highest BCUT2D eigenvalue weighted by Gasteiger charge is 2.47. The fourth-order valence-corrected chi connectivity index (χ4v) is 7.27. The number of esters is 1. The van der Waals surface area contributed by atoms with Gasteiger partial charge in [0.1, 0.15) is 0 Å². The summed E-state index contributed by atoms with van der Waals surface area (Å²) >= 11 is 14.8. The fourth-order valence-electron chi connectivity index (χ4n) is 4.85. The SMILES string of the molecule is COC(=O)c1ccc(C2C(C(=O)c3cc4cccc(OC)c4o3)=C(O)C(=O)N2c2nnc(SCc3ccc(Cl)cc3Cl)s2)cc1. The van der Waals surface area contributed by atoms with Crippen molar-refractivity contribution in [3.8, 4) is 5.75 Å². The number of ether oxygens (including phenoxy) is 2. The quantitative estimate of drug-likeness (QED) is 0.0723. The molecule has 3 aromatic carbocycles. The van der Waals surface area contributed by atoms with Crippen molar-refractivity contribution in [2.45, 2.75) is 16.1 Å². The molecule has 0 saturated carbocycles. The molecule has 1 unspecified atom stereocenters. The number of aliphatic hydroxyl groups excluding tert-OH is 1. The molecule has 1 N–H and O–H groups in total. The van der Waals surface area contributed by atoms with Crippen molar-refractivity contribution in [3.63, 3.8) is 0 Å². The number of carbonyl (C=O) groups is 3. The van der Waals surface area contributed by atoms with E-state index in [1.54, 1.807) is 42.5 Å². The number of Topliss-reactive ketones (excluding diaryl/α,β-unsaturated/α-hetero) is 1. The van der Waals surface area contributed by atoms with Crippen LogP contribution in [0.1, 0.15) is 38.1 Å². The van der Waals surface area contributed by atoms with Crippen LogP contribution in [0.3, 0.4) is 0 Å². The number of amides is 1. The van der Waals surface area contributed by atoms with E-state index >= 15 is 0 Å². The lowest BCUT2D eigenvalue weighted by molar-refractivity contribution is -0.117. The van der Waals surface area contributed by atoms with Crippen molar-refractivity contribution in [1.82, 2.24) is 10.2 Å². The van der Waals surface area contributed by atoms with Gasteiger partial charge >= 0.3 is 5.97 Å². The lowest BCUT2D eigenvalue weighted by Gasteiger charge is -2.24. The third-order valence-corrected chi connectivity index (χ3v) is 9.71. The van der Waals surface area contributed by atoms with Crippen LogP contribution in [0.5, 0.6) is 5.75 Å². The van der Waals surface area contributed by atoms with Gasteiger partial charge in [0.05, 0.1) is 31.4 Å². The molecule has 45 heavy (non-hydrogen) atoms. The van der Waals surface area contributed by atoms with Gasteiger partial charge in [-0.15, -0.1) is 10.2 Å². The van der Waals surface area contributed by atoms with Gasteiger partial charge in [0.25, 0.3) is 5.91 Å². The third kappa shape index (κ3) is 5.77. The Morgan fingerprint density at radius 1 is 1.07 bits per heavy atom. The van der Waals surface area contributed by atoms with E-state index in [1.807, 2.05) is 6.07 Å². The molecule has 6 rings (SSSR count). The second-order valence-corrected chi connectivity index (χ2v) is 12.7. The zero-order valence-electron chi connectivity index (χ0n) is 23.4. The van der Waals surface area contributed by atoms with Gasteiger partial charge < -0.3 is 19.0 Å². The first-order valence-corrected chi connectivity index (χ1v) is 15.7. The van der Waals surface area contributed by atoms with Gasteiger partial charge in [-0.1, -0.05) is 76.6 Å². The molecule has 1 amide bonds. The van der Waals surface area contributed by atoms with Crippen LogP contribution in [0.25, 0.3) is 11.0 Å². The van der Waals surface area contributed by atoms with E-state index in [0.717, 1.165) is 16.9 Å². The maximum atomic E-state index is 14.0. The van der Waals surface area contributed by atoms with Gasteiger partial charge in [-0.05, 0) is 47.5 Å². The molecule has 0 radical (unpaired) electrons. The Kier molecular flexibility index (Phi) is 8.56. The van der Waals surface area contributed by atoms with Crippen LogP contribution < -0.4 is 9.64 Å². The summed E-state index contributed by atoms with van der Waals surface area (Å²) in [4.78, 5) is 40.9. The molecule has 10 nitrogen and oxygen atoms in total. The third-order valence-electron chi connectivity index (χ3n) is 7.02. The molecule has 0 bridgehead atoms. The number of anilines is 1. The van der Waals surface area contributed by atoms with Crippen LogP contribution in [-0.4, -0.2) is 47.2 Å². The Bertz CT molecular complexity index is 2010. The van der Waals surface area contributed by atoms with E-state index in [1.165, 1.54) is 49.1 Å². The Morgan fingerprint density at radius 3 is 2.56 bits per heavy atom. The van der Waals surface area contributed by atoms with E-state index in [9.17, 15) is 19.5 Å². The van der Waals surface area contributed by atoms with Crippen molar-refractivity contribution >= 4 is 80.1 Å². The molecule has 228 valence electrons. The average Bonchev–Trinajstić information content (AvgIpc) is 3.76. The van der Waals surface area contributed by atoms with E-state index in [2.05, 4.69) is 10.2 Å². The van der Waals surface area contributed by atoms with Gasteiger partial charge in [-0.2, -0.15) is 0 Å². The predicted octanol–water partition coefficient (Wildman–Crippen LogP) is 7.46. The molecular formula is C31H21Cl2N3O7S2. The molecule has 3 heterocycles. The Morgan fingerprint density at radius 2 is 1.84 bits per heavy atom. The van der Waals surface area contributed by atoms with E-state index < -0.39 is 29.5 Å². The standard InChI is InChI=1S/C31H21Cl2N3O7S2/c1-41-21-5-3-4-17-12-22(43-27(17)21)25(37)23-24(15-6-8-16(9-7-15)29(40)42-2)36(28(39)26(23)38)30-34-35-31(45-30)44-14-18-10-11-19(32)13-20(18)33/h3-13,24,38H,14H2,1-2H3. The summed E-state index contributed by atoms with van der Waals surface area (Å²) in [5.74, 6) is -2.09. The van der Waals surface area contributed by atoms with Crippen molar-refractivity contribution in [3.05, 3.63) is 111 Å². The number of halogens is 2. The summed E-state index contributed by atoms with van der Waals surface area (Å²) in [7, 11) is 2.74. The highest BCUT2D eigenvalue weighted by atomic mass is 35.5. The molecule has 0 aliphatic carbocycles. The number of thioether (sulfide) groups is 1. The number of fused-ring (bicyclic) bond motifs is 1. The molecule has 1 atom stereocenters. The van der Waals surface area contributed by atoms with Crippen molar-refractivity contribution in [2.75, 3.05) is 19.1 Å². The van der Waals surface area contributed by atoms with Gasteiger partial charge in [-0.3, -0.25) is 14.5 Å². The zero-order chi connectivity index (χ0) is 31.8. The highest BCUT2D eigenvalue weighted by Crippen LogP contribution is 2.45. The zero-order valence-corrected chi connectivity index (χ0v) is 26.6. The van der Waals surface area contributed by atoms with Crippen molar-refractivity contribution < 1.29 is 33.4 Å². The minimum atomic E-state index is -1.12. The lowest BCUT2D eigenvalue weighted by Crippen LogP contribution is -2.31. The molecular weight excluding hydrogens is 661 g/mol. The number of nitrogens with zero attached hydrogens (tertiary/aromatic N) is 3. The summed E-state index contributed by atoms with van der Waals surface area (Å²) in [6.45, 7) is 0. The minimum absolute atomic E-state index is 0.102. The maximum absolute atomic E-state index is 14.0. The normalized spacial score (nSPS) is 14.8. The highest BCUT2D eigenvalue weighted by molar-refractivity contribution is 8.00. The Balaban J connectivity index is 1.38. The molecule has 14 heteroatoms.